The van der Waals surface area contributed by atoms with E-state index in [2.05, 4.69) is 17.0 Å². The number of hydrogen-bond donors (Lipinski definition) is 2. The van der Waals surface area contributed by atoms with Crippen LogP contribution in [0.1, 0.15) is 18.4 Å². The third-order valence-electron chi connectivity index (χ3n) is 3.26. The fourth-order valence-electron chi connectivity index (χ4n) is 2.21. The Morgan fingerprint density at radius 2 is 1.82 bits per heavy atom. The molecule has 0 atom stereocenters. The van der Waals surface area contributed by atoms with Gasteiger partial charge in [0, 0.05) is 25.3 Å². The normalized spacial score (nSPS) is 17.1. The summed E-state index contributed by atoms with van der Waals surface area (Å²) in [7, 11) is 0. The monoisotopic (exact) mass is 232 g/mol. The zero-order chi connectivity index (χ0) is 12.1. The minimum Gasteiger partial charge on any atom is -0.399 e. The Morgan fingerprint density at radius 3 is 2.41 bits per heavy atom. The van der Waals surface area contributed by atoms with Gasteiger partial charge in [-0.1, -0.05) is 23.8 Å². The van der Waals surface area contributed by atoms with Gasteiger partial charge in [0.2, 0.25) is 0 Å². The van der Waals surface area contributed by atoms with Gasteiger partial charge >= 0.3 is 0 Å². The molecule has 0 spiro atoms. The molecule has 92 valence electrons. The van der Waals surface area contributed by atoms with Crippen molar-refractivity contribution in [2.24, 2.45) is 0 Å². The largest absolute Gasteiger partial charge is 0.399 e. The Bertz CT molecular complexity index is 374. The molecule has 1 saturated heterocycles. The molecule has 3 nitrogen and oxygen atoms in total. The quantitative estimate of drug-likeness (QED) is 0.617. The summed E-state index contributed by atoms with van der Waals surface area (Å²) < 4.78 is 0. The molecule has 3 N–H and O–H groups in total. The molecule has 1 aliphatic rings. The maximum atomic E-state index is 8.84. The summed E-state index contributed by atoms with van der Waals surface area (Å²) in [6, 6.07) is 8.09. The van der Waals surface area contributed by atoms with Crippen molar-refractivity contribution in [1.29, 1.82) is 0 Å². The first-order chi connectivity index (χ1) is 8.28. The van der Waals surface area contributed by atoms with E-state index in [0.29, 0.717) is 0 Å². The summed E-state index contributed by atoms with van der Waals surface area (Å²) in [5, 5.41) is 8.84. The van der Waals surface area contributed by atoms with E-state index >= 15 is 0 Å². The van der Waals surface area contributed by atoms with Crippen LogP contribution in [-0.2, 0) is 6.54 Å². The predicted octanol–water partition coefficient (Wildman–Crippen LogP) is 1.78. The summed E-state index contributed by atoms with van der Waals surface area (Å²) >= 11 is 0. The van der Waals surface area contributed by atoms with Gasteiger partial charge in [-0.25, -0.2) is 0 Å². The van der Waals surface area contributed by atoms with E-state index in [-0.39, 0.29) is 6.61 Å². The van der Waals surface area contributed by atoms with Gasteiger partial charge in [-0.15, -0.1) is 0 Å². The highest BCUT2D eigenvalue weighted by molar-refractivity contribution is 5.39. The van der Waals surface area contributed by atoms with Crippen LogP contribution in [0.15, 0.2) is 35.9 Å². The predicted molar refractivity (Wildman–Crippen MR) is 70.5 cm³/mol. The highest BCUT2D eigenvalue weighted by Crippen LogP contribution is 2.18. The lowest BCUT2D eigenvalue weighted by Gasteiger charge is -2.28. The number of nitrogens with two attached hydrogens (primary N) is 1. The number of rotatable bonds is 3. The molecule has 2 rings (SSSR count). The smallest absolute Gasteiger partial charge is 0.0615 e. The summed E-state index contributed by atoms with van der Waals surface area (Å²) in [6.07, 6.45) is 4.10. The van der Waals surface area contributed by atoms with Crippen LogP contribution in [0, 0.1) is 0 Å². The van der Waals surface area contributed by atoms with E-state index in [1.807, 2.05) is 18.2 Å². The van der Waals surface area contributed by atoms with Crippen molar-refractivity contribution in [3.05, 3.63) is 41.5 Å². The number of nitrogen functional groups attached to an aromatic ring is 1. The van der Waals surface area contributed by atoms with Crippen LogP contribution in [0.3, 0.4) is 0 Å². The number of anilines is 1. The van der Waals surface area contributed by atoms with E-state index in [4.69, 9.17) is 10.8 Å². The van der Waals surface area contributed by atoms with Crippen LogP contribution in [0.5, 0.6) is 0 Å². The fraction of sp³-hybridized carbons (Fsp3) is 0.429. The second-order valence-corrected chi connectivity index (χ2v) is 4.56. The van der Waals surface area contributed by atoms with Crippen molar-refractivity contribution in [2.45, 2.75) is 19.4 Å². The van der Waals surface area contributed by atoms with Crippen molar-refractivity contribution in [1.82, 2.24) is 4.90 Å². The van der Waals surface area contributed by atoms with Crippen molar-refractivity contribution in [2.75, 3.05) is 25.4 Å². The number of aliphatic hydroxyl groups is 1. The molecular formula is C14H20N2O. The molecule has 17 heavy (non-hydrogen) atoms. The minimum atomic E-state index is 0.174. The maximum Gasteiger partial charge on any atom is 0.0615 e. The van der Waals surface area contributed by atoms with Gasteiger partial charge in [-0.2, -0.15) is 0 Å². The zero-order valence-corrected chi connectivity index (χ0v) is 10.1. The molecule has 0 amide bonds. The maximum absolute atomic E-state index is 8.84. The van der Waals surface area contributed by atoms with Gasteiger partial charge in [-0.3, -0.25) is 4.90 Å². The van der Waals surface area contributed by atoms with Gasteiger partial charge in [0.05, 0.1) is 6.61 Å². The van der Waals surface area contributed by atoms with Gasteiger partial charge in [0.25, 0.3) is 0 Å². The Morgan fingerprint density at radius 1 is 1.18 bits per heavy atom. The van der Waals surface area contributed by atoms with Crippen molar-refractivity contribution < 1.29 is 5.11 Å². The topological polar surface area (TPSA) is 49.5 Å². The third-order valence-corrected chi connectivity index (χ3v) is 3.26. The summed E-state index contributed by atoms with van der Waals surface area (Å²) in [4.78, 5) is 2.44. The molecule has 0 aliphatic carbocycles. The van der Waals surface area contributed by atoms with Crippen LogP contribution in [0.4, 0.5) is 5.69 Å². The Balaban J connectivity index is 1.85. The van der Waals surface area contributed by atoms with E-state index < -0.39 is 0 Å². The third kappa shape index (κ3) is 3.58. The van der Waals surface area contributed by atoms with Crippen LogP contribution in [-0.4, -0.2) is 29.7 Å². The Kier molecular flexibility index (Phi) is 4.18. The lowest BCUT2D eigenvalue weighted by molar-refractivity contribution is 0.246. The molecule has 0 unspecified atom stereocenters. The zero-order valence-electron chi connectivity index (χ0n) is 10.1. The number of piperidine rings is 1. The molecule has 3 heteroatoms. The molecular weight excluding hydrogens is 212 g/mol. The van der Waals surface area contributed by atoms with Gasteiger partial charge in [-0.05, 0) is 30.5 Å². The summed E-state index contributed by atoms with van der Waals surface area (Å²) in [5.41, 5.74) is 9.19. The summed E-state index contributed by atoms with van der Waals surface area (Å²) in [5.74, 6) is 0. The van der Waals surface area contributed by atoms with Crippen molar-refractivity contribution in [3.8, 4) is 0 Å². The van der Waals surface area contributed by atoms with Crippen LogP contribution < -0.4 is 5.73 Å². The molecule has 0 aromatic heterocycles. The first-order valence-corrected chi connectivity index (χ1v) is 6.13. The highest BCUT2D eigenvalue weighted by Gasteiger charge is 2.13. The van der Waals surface area contributed by atoms with Crippen LogP contribution in [0.2, 0.25) is 0 Å². The second-order valence-electron chi connectivity index (χ2n) is 4.56. The SMILES string of the molecule is Nc1ccc(CN2CCC(=CCO)CC2)cc1. The number of nitrogens with zero attached hydrogens (tertiary/aromatic N) is 1. The molecule has 0 radical (unpaired) electrons. The second kappa shape index (κ2) is 5.84. The number of likely N-dealkylation sites (tertiary alicyclic amines) is 1. The molecule has 1 fully saturated rings. The van der Waals surface area contributed by atoms with Gasteiger partial charge < -0.3 is 10.8 Å². The minimum absolute atomic E-state index is 0.174. The van der Waals surface area contributed by atoms with E-state index in [1.165, 1.54) is 11.1 Å². The lowest BCUT2D eigenvalue weighted by Crippen LogP contribution is -2.30. The lowest BCUT2D eigenvalue weighted by atomic mass is 10.0. The molecule has 0 bridgehead atoms. The average Bonchev–Trinajstić information content (AvgIpc) is 2.35. The van der Waals surface area contributed by atoms with Gasteiger partial charge in [0.15, 0.2) is 0 Å². The van der Waals surface area contributed by atoms with Gasteiger partial charge in [0.1, 0.15) is 0 Å². The molecule has 1 aromatic carbocycles. The molecule has 0 saturated carbocycles. The summed E-state index contributed by atoms with van der Waals surface area (Å²) in [6.45, 7) is 3.33. The molecule has 1 heterocycles. The first kappa shape index (κ1) is 12.1. The van der Waals surface area contributed by atoms with Crippen LogP contribution in [0.25, 0.3) is 0 Å². The Labute approximate surface area is 103 Å². The average molecular weight is 232 g/mol. The van der Waals surface area contributed by atoms with Crippen LogP contribution >= 0.6 is 0 Å². The molecule has 1 aliphatic heterocycles. The number of aliphatic hydroxyl groups excluding tert-OH is 1. The first-order valence-electron chi connectivity index (χ1n) is 6.13. The van der Waals surface area contributed by atoms with Crippen molar-refractivity contribution >= 4 is 5.69 Å². The van der Waals surface area contributed by atoms with Crippen molar-refractivity contribution in [3.63, 3.8) is 0 Å². The van der Waals surface area contributed by atoms with E-state index in [0.717, 1.165) is 38.2 Å². The Hall–Kier alpha value is -1.32. The number of hydrogen-bond acceptors (Lipinski definition) is 3. The highest BCUT2D eigenvalue weighted by atomic mass is 16.2. The van der Waals surface area contributed by atoms with E-state index in [1.54, 1.807) is 0 Å². The standard InChI is InChI=1S/C14H20N2O/c15-14-3-1-13(2-4-14)11-16-8-5-12(6-9-16)7-10-17/h1-4,7,17H,5-6,8-11,15H2. The fourth-order valence-corrected chi connectivity index (χ4v) is 2.21. The number of benzene rings is 1. The molecule has 1 aromatic rings. The van der Waals surface area contributed by atoms with E-state index in [9.17, 15) is 0 Å².